The minimum atomic E-state index is -0.914. The number of hydrogen-bond donors (Lipinski definition) is 1. The highest BCUT2D eigenvalue weighted by Crippen LogP contribution is 2.35. The molecule has 2 aliphatic rings. The van der Waals surface area contributed by atoms with Gasteiger partial charge in [-0.3, -0.25) is 19.3 Å². The van der Waals surface area contributed by atoms with Crippen LogP contribution in [0, 0.1) is 5.92 Å². The predicted molar refractivity (Wildman–Crippen MR) is 101 cm³/mol. The molecule has 28 heavy (non-hydrogen) atoms. The monoisotopic (exact) mass is 380 g/mol. The third kappa shape index (κ3) is 2.89. The Morgan fingerprint density at radius 3 is 2.36 bits per heavy atom. The van der Waals surface area contributed by atoms with Crippen molar-refractivity contribution in [3.63, 3.8) is 0 Å². The topological polar surface area (TPSA) is 84.9 Å². The van der Waals surface area contributed by atoms with E-state index in [0.29, 0.717) is 34.7 Å². The summed E-state index contributed by atoms with van der Waals surface area (Å²) in [5.41, 5.74) is 1.17. The summed E-state index contributed by atoms with van der Waals surface area (Å²) in [5, 5.41) is 2.81. The Bertz CT molecular complexity index is 936. The van der Waals surface area contributed by atoms with Crippen LogP contribution in [0.15, 0.2) is 42.5 Å². The molecule has 2 aromatic carbocycles. The zero-order valence-electron chi connectivity index (χ0n) is 15.6. The quantitative estimate of drug-likeness (QED) is 0.806. The third-order valence-electron chi connectivity index (χ3n) is 5.20. The second-order valence-corrected chi connectivity index (χ2v) is 6.91. The van der Waals surface area contributed by atoms with Crippen molar-refractivity contribution in [1.82, 2.24) is 4.90 Å². The SMILES string of the molecule is CC[C@H](C)[C@@H](C(=O)Nc1ccc2c(c1)OCO2)N1C(=O)c2ccccc2C1=O. The number of hydrogen-bond acceptors (Lipinski definition) is 5. The molecule has 1 N–H and O–H groups in total. The van der Waals surface area contributed by atoms with E-state index < -0.39 is 23.8 Å². The Labute approximate surface area is 162 Å². The molecule has 2 aromatic rings. The van der Waals surface area contributed by atoms with E-state index in [0.717, 1.165) is 4.90 Å². The van der Waals surface area contributed by atoms with Crippen LogP contribution in [0.4, 0.5) is 5.69 Å². The molecule has 0 saturated heterocycles. The van der Waals surface area contributed by atoms with E-state index in [1.54, 1.807) is 42.5 Å². The number of ether oxygens (including phenoxy) is 2. The van der Waals surface area contributed by atoms with Crippen molar-refractivity contribution < 1.29 is 23.9 Å². The first kappa shape index (κ1) is 18.0. The molecule has 0 radical (unpaired) electrons. The van der Waals surface area contributed by atoms with E-state index in [9.17, 15) is 14.4 Å². The fourth-order valence-electron chi connectivity index (χ4n) is 3.50. The van der Waals surface area contributed by atoms with E-state index in [1.165, 1.54) is 0 Å². The molecule has 7 heteroatoms. The Kier molecular flexibility index (Phi) is 4.50. The zero-order chi connectivity index (χ0) is 19.8. The van der Waals surface area contributed by atoms with Crippen LogP contribution in [-0.4, -0.2) is 35.5 Å². The van der Waals surface area contributed by atoms with E-state index >= 15 is 0 Å². The van der Waals surface area contributed by atoms with Gasteiger partial charge in [-0.05, 0) is 30.2 Å². The van der Waals surface area contributed by atoms with Gasteiger partial charge in [0.05, 0.1) is 11.1 Å². The predicted octanol–water partition coefficient (Wildman–Crippen LogP) is 3.06. The summed E-state index contributed by atoms with van der Waals surface area (Å²) in [6.45, 7) is 3.91. The number of rotatable bonds is 5. The van der Waals surface area contributed by atoms with Crippen molar-refractivity contribution in [3.05, 3.63) is 53.6 Å². The van der Waals surface area contributed by atoms with Crippen molar-refractivity contribution in [3.8, 4) is 11.5 Å². The van der Waals surface area contributed by atoms with Crippen LogP contribution in [0.25, 0.3) is 0 Å². The third-order valence-corrected chi connectivity index (χ3v) is 5.20. The summed E-state index contributed by atoms with van der Waals surface area (Å²) < 4.78 is 10.6. The lowest BCUT2D eigenvalue weighted by Gasteiger charge is -2.29. The van der Waals surface area contributed by atoms with Crippen molar-refractivity contribution >= 4 is 23.4 Å². The van der Waals surface area contributed by atoms with E-state index in [4.69, 9.17) is 9.47 Å². The van der Waals surface area contributed by atoms with Gasteiger partial charge in [-0.15, -0.1) is 0 Å². The van der Waals surface area contributed by atoms with E-state index in [-0.39, 0.29) is 12.7 Å². The van der Waals surface area contributed by atoms with Gasteiger partial charge in [-0.25, -0.2) is 0 Å². The molecule has 2 heterocycles. The number of nitrogens with one attached hydrogen (secondary N) is 1. The number of nitrogens with zero attached hydrogens (tertiary/aromatic N) is 1. The average Bonchev–Trinajstić information content (AvgIpc) is 3.26. The van der Waals surface area contributed by atoms with Crippen LogP contribution in [0.5, 0.6) is 11.5 Å². The van der Waals surface area contributed by atoms with Gasteiger partial charge in [-0.2, -0.15) is 0 Å². The fraction of sp³-hybridized carbons (Fsp3) is 0.286. The van der Waals surface area contributed by atoms with E-state index in [1.807, 2.05) is 13.8 Å². The van der Waals surface area contributed by atoms with Crippen molar-refractivity contribution in [2.24, 2.45) is 5.92 Å². The van der Waals surface area contributed by atoms with Gasteiger partial charge < -0.3 is 14.8 Å². The lowest BCUT2D eigenvalue weighted by Crippen LogP contribution is -2.50. The molecule has 0 bridgehead atoms. The molecule has 0 aromatic heterocycles. The Morgan fingerprint density at radius 2 is 1.71 bits per heavy atom. The number of amides is 3. The number of carbonyl (C=O) groups excluding carboxylic acids is 3. The lowest BCUT2D eigenvalue weighted by molar-refractivity contribution is -0.121. The summed E-state index contributed by atoms with van der Waals surface area (Å²) >= 11 is 0. The van der Waals surface area contributed by atoms with Crippen LogP contribution < -0.4 is 14.8 Å². The molecule has 3 amide bonds. The second kappa shape index (κ2) is 6.99. The van der Waals surface area contributed by atoms with Gasteiger partial charge in [0.15, 0.2) is 11.5 Å². The van der Waals surface area contributed by atoms with Gasteiger partial charge in [0, 0.05) is 11.8 Å². The minimum Gasteiger partial charge on any atom is -0.454 e. The number of imide groups is 1. The highest BCUT2D eigenvalue weighted by Gasteiger charge is 2.44. The molecular weight excluding hydrogens is 360 g/mol. The lowest BCUT2D eigenvalue weighted by atomic mass is 9.96. The zero-order valence-corrected chi connectivity index (χ0v) is 15.6. The van der Waals surface area contributed by atoms with Crippen molar-refractivity contribution in [2.75, 3.05) is 12.1 Å². The van der Waals surface area contributed by atoms with Crippen LogP contribution in [-0.2, 0) is 4.79 Å². The van der Waals surface area contributed by atoms with Gasteiger partial charge >= 0.3 is 0 Å². The maximum absolute atomic E-state index is 13.1. The Balaban J connectivity index is 1.63. The molecule has 2 aliphatic heterocycles. The van der Waals surface area contributed by atoms with Gasteiger partial charge in [0.2, 0.25) is 12.7 Å². The Morgan fingerprint density at radius 1 is 1.07 bits per heavy atom. The fourth-order valence-corrected chi connectivity index (χ4v) is 3.50. The van der Waals surface area contributed by atoms with Crippen LogP contribution in [0.1, 0.15) is 41.0 Å². The smallest absolute Gasteiger partial charge is 0.262 e. The largest absolute Gasteiger partial charge is 0.454 e. The van der Waals surface area contributed by atoms with Crippen molar-refractivity contribution in [1.29, 1.82) is 0 Å². The first-order valence-electron chi connectivity index (χ1n) is 9.18. The van der Waals surface area contributed by atoms with Gasteiger partial charge in [0.25, 0.3) is 11.8 Å². The number of carbonyl (C=O) groups is 3. The minimum absolute atomic E-state index is 0.136. The summed E-state index contributed by atoms with van der Waals surface area (Å²) in [5.74, 6) is -0.354. The van der Waals surface area contributed by atoms with E-state index in [2.05, 4.69) is 5.32 Å². The molecule has 7 nitrogen and oxygen atoms in total. The molecule has 0 aliphatic carbocycles. The molecule has 0 saturated carbocycles. The maximum atomic E-state index is 13.1. The van der Waals surface area contributed by atoms with Crippen LogP contribution in [0.2, 0.25) is 0 Å². The molecule has 4 rings (SSSR count). The summed E-state index contributed by atoms with van der Waals surface area (Å²) in [6.07, 6.45) is 0.632. The standard InChI is InChI=1S/C21H20N2O5/c1-3-12(2)18(23-20(25)14-6-4-5-7-15(14)21(23)26)19(24)22-13-8-9-16-17(10-13)28-11-27-16/h4-10,12,18H,3,11H2,1-2H3,(H,22,24)/t12-,18-/m0/s1. The molecule has 0 unspecified atom stereocenters. The molecule has 144 valence electrons. The number of anilines is 1. The summed E-state index contributed by atoms with van der Waals surface area (Å²) in [7, 11) is 0. The molecular formula is C21H20N2O5. The maximum Gasteiger partial charge on any atom is 0.262 e. The highest BCUT2D eigenvalue weighted by molar-refractivity contribution is 6.23. The Hall–Kier alpha value is -3.35. The summed E-state index contributed by atoms with van der Waals surface area (Å²) in [6, 6.07) is 10.8. The molecule has 0 spiro atoms. The first-order chi connectivity index (χ1) is 13.5. The molecule has 2 atom stereocenters. The number of benzene rings is 2. The molecule has 0 fully saturated rings. The second-order valence-electron chi connectivity index (χ2n) is 6.91. The van der Waals surface area contributed by atoms with Crippen molar-refractivity contribution in [2.45, 2.75) is 26.3 Å². The first-order valence-corrected chi connectivity index (χ1v) is 9.18. The normalized spacial score (nSPS) is 16.7. The average molecular weight is 380 g/mol. The van der Waals surface area contributed by atoms with Crippen LogP contribution in [0.3, 0.4) is 0 Å². The highest BCUT2D eigenvalue weighted by atomic mass is 16.7. The number of fused-ring (bicyclic) bond motifs is 2. The summed E-state index contributed by atoms with van der Waals surface area (Å²) in [4.78, 5) is 39.9. The van der Waals surface area contributed by atoms with Crippen LogP contribution >= 0.6 is 0 Å². The van der Waals surface area contributed by atoms with Gasteiger partial charge in [0.1, 0.15) is 6.04 Å². The van der Waals surface area contributed by atoms with Gasteiger partial charge in [-0.1, -0.05) is 32.4 Å².